The standard InChI is InChI=1S/C22H18N4O7S/c1-31-19-12-18(24-22(25-19)32-2)26-34(29,30)15-9-7-14(8-10-15)23-20(27)16-11-13-5-3-4-6-17(13)33-21(16)28/h3-12H,1-2H3,(H,23,27)(H,24,25,26). The van der Waals surface area contributed by atoms with Gasteiger partial charge in [0.25, 0.3) is 15.9 Å². The van der Waals surface area contributed by atoms with Crippen LogP contribution in [0.5, 0.6) is 11.9 Å². The maximum absolute atomic E-state index is 12.7. The number of aromatic nitrogens is 2. The molecule has 0 bridgehead atoms. The molecule has 0 saturated carbocycles. The zero-order valence-corrected chi connectivity index (χ0v) is 18.8. The fourth-order valence-corrected chi connectivity index (χ4v) is 3.98. The second kappa shape index (κ2) is 9.19. The topological polar surface area (TPSA) is 150 Å². The molecule has 0 fully saturated rings. The summed E-state index contributed by atoms with van der Waals surface area (Å²) < 4.78 is 42.9. The van der Waals surface area contributed by atoms with E-state index in [1.54, 1.807) is 24.3 Å². The van der Waals surface area contributed by atoms with Crippen LogP contribution in [0.2, 0.25) is 0 Å². The predicted molar refractivity (Wildman–Crippen MR) is 123 cm³/mol. The van der Waals surface area contributed by atoms with Gasteiger partial charge in [0, 0.05) is 17.1 Å². The molecule has 0 saturated heterocycles. The van der Waals surface area contributed by atoms with Crippen molar-refractivity contribution in [3.8, 4) is 11.9 Å². The lowest BCUT2D eigenvalue weighted by atomic mass is 10.1. The van der Waals surface area contributed by atoms with Crippen LogP contribution < -0.4 is 25.1 Å². The molecule has 0 radical (unpaired) electrons. The molecule has 34 heavy (non-hydrogen) atoms. The summed E-state index contributed by atoms with van der Waals surface area (Å²) in [4.78, 5) is 32.5. The number of anilines is 2. The first-order valence-electron chi connectivity index (χ1n) is 9.73. The van der Waals surface area contributed by atoms with Gasteiger partial charge >= 0.3 is 11.6 Å². The first kappa shape index (κ1) is 22.7. The molecule has 12 heteroatoms. The molecule has 2 heterocycles. The minimum atomic E-state index is -4.02. The minimum absolute atomic E-state index is 0.0518. The molecule has 0 atom stereocenters. The molecule has 0 aliphatic rings. The van der Waals surface area contributed by atoms with Gasteiger partial charge in [0.1, 0.15) is 11.1 Å². The number of nitrogens with one attached hydrogen (secondary N) is 2. The number of ether oxygens (including phenoxy) is 2. The monoisotopic (exact) mass is 482 g/mol. The number of carbonyl (C=O) groups excluding carboxylic acids is 1. The number of hydrogen-bond acceptors (Lipinski definition) is 9. The zero-order chi connectivity index (χ0) is 24.3. The molecule has 11 nitrogen and oxygen atoms in total. The number of carbonyl (C=O) groups is 1. The van der Waals surface area contributed by atoms with Gasteiger partial charge in [-0.25, -0.2) is 13.2 Å². The molecule has 174 valence electrons. The van der Waals surface area contributed by atoms with E-state index in [0.29, 0.717) is 11.0 Å². The van der Waals surface area contributed by atoms with Gasteiger partial charge in [-0.3, -0.25) is 9.52 Å². The average molecular weight is 482 g/mol. The van der Waals surface area contributed by atoms with Crippen LogP contribution in [0.15, 0.2) is 74.8 Å². The molecular formula is C22H18N4O7S. The maximum Gasteiger partial charge on any atom is 0.349 e. The van der Waals surface area contributed by atoms with Crippen LogP contribution in [0.25, 0.3) is 11.0 Å². The summed E-state index contributed by atoms with van der Waals surface area (Å²) in [5.41, 5.74) is -0.314. The van der Waals surface area contributed by atoms with E-state index < -0.39 is 21.6 Å². The summed E-state index contributed by atoms with van der Waals surface area (Å²) in [6.07, 6.45) is 0. The van der Waals surface area contributed by atoms with Crippen LogP contribution in [0.1, 0.15) is 10.4 Å². The summed E-state index contributed by atoms with van der Waals surface area (Å²) in [6, 6.07) is 14.8. The second-order valence-corrected chi connectivity index (χ2v) is 8.53. The minimum Gasteiger partial charge on any atom is -0.481 e. The van der Waals surface area contributed by atoms with Crippen molar-refractivity contribution >= 4 is 38.4 Å². The summed E-state index contributed by atoms with van der Waals surface area (Å²) in [6.45, 7) is 0. The quantitative estimate of drug-likeness (QED) is 0.379. The van der Waals surface area contributed by atoms with E-state index >= 15 is 0 Å². The summed E-state index contributed by atoms with van der Waals surface area (Å²) >= 11 is 0. The van der Waals surface area contributed by atoms with Gasteiger partial charge in [0.15, 0.2) is 5.82 Å². The fraction of sp³-hybridized carbons (Fsp3) is 0.0909. The van der Waals surface area contributed by atoms with Gasteiger partial charge in [0.05, 0.1) is 19.1 Å². The van der Waals surface area contributed by atoms with Crippen molar-refractivity contribution in [1.82, 2.24) is 9.97 Å². The van der Waals surface area contributed by atoms with Crippen LogP contribution in [0, 0.1) is 0 Å². The molecule has 4 aromatic rings. The van der Waals surface area contributed by atoms with Gasteiger partial charge in [-0.15, -0.1) is 0 Å². The summed E-state index contributed by atoms with van der Waals surface area (Å²) in [5, 5.41) is 3.15. The zero-order valence-electron chi connectivity index (χ0n) is 17.9. The molecule has 2 N–H and O–H groups in total. The molecule has 4 rings (SSSR count). The van der Waals surface area contributed by atoms with Crippen LogP contribution in [0.3, 0.4) is 0 Å². The van der Waals surface area contributed by atoms with E-state index in [9.17, 15) is 18.0 Å². The van der Waals surface area contributed by atoms with Crippen LogP contribution in [-0.2, 0) is 10.0 Å². The Hall–Kier alpha value is -4.45. The SMILES string of the molecule is COc1cc(NS(=O)(=O)c2ccc(NC(=O)c3cc4ccccc4oc3=O)cc2)nc(OC)n1. The molecule has 0 aliphatic heterocycles. The number of hydrogen-bond donors (Lipinski definition) is 2. The lowest BCUT2D eigenvalue weighted by Gasteiger charge is -2.10. The number of rotatable bonds is 7. The molecule has 2 aromatic heterocycles. The lowest BCUT2D eigenvalue weighted by Crippen LogP contribution is -2.20. The average Bonchev–Trinajstić information content (AvgIpc) is 2.83. The number of nitrogens with zero attached hydrogens (tertiary/aromatic N) is 2. The highest BCUT2D eigenvalue weighted by Crippen LogP contribution is 2.22. The Morgan fingerprint density at radius 3 is 2.41 bits per heavy atom. The number of para-hydroxylation sites is 1. The van der Waals surface area contributed by atoms with Crippen molar-refractivity contribution in [2.75, 3.05) is 24.3 Å². The van der Waals surface area contributed by atoms with E-state index in [4.69, 9.17) is 13.9 Å². The highest BCUT2D eigenvalue weighted by atomic mass is 32.2. The number of methoxy groups -OCH3 is 2. The molecular weight excluding hydrogens is 464 g/mol. The van der Waals surface area contributed by atoms with Gasteiger partial charge in [-0.05, 0) is 36.4 Å². The second-order valence-electron chi connectivity index (χ2n) is 6.85. The predicted octanol–water partition coefficient (Wildman–Crippen LogP) is 2.65. The molecule has 1 amide bonds. The molecule has 0 aliphatic carbocycles. The Balaban J connectivity index is 1.52. The van der Waals surface area contributed by atoms with Gasteiger partial charge in [-0.2, -0.15) is 9.97 Å². The Morgan fingerprint density at radius 2 is 1.71 bits per heavy atom. The van der Waals surface area contributed by atoms with Crippen LogP contribution in [-0.4, -0.2) is 38.5 Å². The van der Waals surface area contributed by atoms with E-state index in [0.717, 1.165) is 0 Å². The van der Waals surface area contributed by atoms with Crippen molar-refractivity contribution in [2.24, 2.45) is 0 Å². The third kappa shape index (κ3) is 4.81. The first-order valence-corrected chi connectivity index (χ1v) is 11.2. The smallest absolute Gasteiger partial charge is 0.349 e. The van der Waals surface area contributed by atoms with Crippen molar-refractivity contribution < 1.29 is 27.1 Å². The third-order valence-electron chi connectivity index (χ3n) is 4.62. The Morgan fingerprint density at radius 1 is 0.971 bits per heavy atom. The van der Waals surface area contributed by atoms with Gasteiger partial charge < -0.3 is 19.2 Å². The first-order chi connectivity index (χ1) is 16.3. The van der Waals surface area contributed by atoms with Crippen molar-refractivity contribution in [3.63, 3.8) is 0 Å². The number of fused-ring (bicyclic) bond motifs is 1. The number of amides is 1. The van der Waals surface area contributed by atoms with Gasteiger partial charge in [0.2, 0.25) is 5.88 Å². The fourth-order valence-electron chi connectivity index (χ4n) is 2.98. The summed E-state index contributed by atoms with van der Waals surface area (Å²) in [7, 11) is -1.32. The number of sulfonamides is 1. The van der Waals surface area contributed by atoms with Crippen molar-refractivity contribution in [3.05, 3.63) is 76.6 Å². The van der Waals surface area contributed by atoms with E-state index in [1.807, 2.05) is 0 Å². The Bertz CT molecular complexity index is 1510. The largest absolute Gasteiger partial charge is 0.481 e. The number of benzene rings is 2. The summed E-state index contributed by atoms with van der Waals surface area (Å²) in [5.74, 6) is -0.627. The highest BCUT2D eigenvalue weighted by Gasteiger charge is 2.18. The molecule has 2 aromatic carbocycles. The molecule has 0 unspecified atom stereocenters. The van der Waals surface area contributed by atoms with Crippen LogP contribution in [0.4, 0.5) is 11.5 Å². The Kier molecular flexibility index (Phi) is 6.15. The highest BCUT2D eigenvalue weighted by molar-refractivity contribution is 7.92. The Labute approximate surface area is 193 Å². The normalized spacial score (nSPS) is 11.1. The van der Waals surface area contributed by atoms with E-state index in [2.05, 4.69) is 20.0 Å². The molecule has 0 spiro atoms. The van der Waals surface area contributed by atoms with Crippen molar-refractivity contribution in [1.29, 1.82) is 0 Å². The maximum atomic E-state index is 12.7. The van der Waals surface area contributed by atoms with E-state index in [1.165, 1.54) is 50.6 Å². The van der Waals surface area contributed by atoms with Gasteiger partial charge in [-0.1, -0.05) is 18.2 Å². The van der Waals surface area contributed by atoms with Crippen LogP contribution >= 0.6 is 0 Å². The lowest BCUT2D eigenvalue weighted by molar-refractivity contribution is 0.102. The third-order valence-corrected chi connectivity index (χ3v) is 5.99. The van der Waals surface area contributed by atoms with Crippen molar-refractivity contribution in [2.45, 2.75) is 4.90 Å². The van der Waals surface area contributed by atoms with E-state index in [-0.39, 0.29) is 33.9 Å².